The van der Waals surface area contributed by atoms with Gasteiger partial charge in [0.05, 0.1) is 24.5 Å². The Kier molecular flexibility index (Phi) is 8.47. The summed E-state index contributed by atoms with van der Waals surface area (Å²) in [5.41, 5.74) is 2.97. The summed E-state index contributed by atoms with van der Waals surface area (Å²) in [6.07, 6.45) is 0.506. The molecule has 7 heteroatoms. The molecule has 0 radical (unpaired) electrons. The normalized spacial score (nSPS) is 22.0. The molecule has 0 N–H and O–H groups in total. The quantitative estimate of drug-likeness (QED) is 0.263. The number of halogens is 1. The molecule has 2 heterocycles. The van der Waals surface area contributed by atoms with Crippen molar-refractivity contribution in [1.29, 1.82) is 0 Å². The number of rotatable bonds is 7. The van der Waals surface area contributed by atoms with Gasteiger partial charge in [0, 0.05) is 17.5 Å². The third kappa shape index (κ3) is 6.65. The lowest BCUT2D eigenvalue weighted by atomic mass is 9.99. The van der Waals surface area contributed by atoms with Crippen molar-refractivity contribution < 1.29 is 13.6 Å². The van der Waals surface area contributed by atoms with Crippen molar-refractivity contribution in [2.75, 3.05) is 6.61 Å². The molecule has 0 bridgehead atoms. The minimum absolute atomic E-state index is 0.0232. The second-order valence-corrected chi connectivity index (χ2v) is 22.8. The Hall–Kier alpha value is -1.03. The standard InChI is InChI=1S/C28H44ClNO3Si2/c1-27(2,3)34(7,8)31-19-24-23(33-35(9,10)28(4,5)6)18-22(32-24)21-16-17-25(29)30-26(21)20-14-12-11-13-15-20/h11-17,22-24H,18-19H2,1-10H3/t22-,23+,24-/m1/s1. The van der Waals surface area contributed by atoms with E-state index in [2.05, 4.69) is 85.9 Å². The van der Waals surface area contributed by atoms with E-state index in [1.807, 2.05) is 24.3 Å². The molecule has 1 aromatic carbocycles. The van der Waals surface area contributed by atoms with E-state index >= 15 is 0 Å². The van der Waals surface area contributed by atoms with Gasteiger partial charge in [0.15, 0.2) is 16.6 Å². The molecule has 3 rings (SSSR count). The van der Waals surface area contributed by atoms with Crippen molar-refractivity contribution >= 4 is 28.2 Å². The fourth-order valence-electron chi connectivity index (χ4n) is 3.78. The van der Waals surface area contributed by atoms with Crippen LogP contribution < -0.4 is 0 Å². The van der Waals surface area contributed by atoms with Crippen LogP contribution in [0.5, 0.6) is 0 Å². The van der Waals surface area contributed by atoms with Crippen molar-refractivity contribution in [1.82, 2.24) is 4.98 Å². The second-order valence-electron chi connectivity index (χ2n) is 12.8. The molecule has 1 aromatic heterocycles. The zero-order chi connectivity index (χ0) is 26.2. The van der Waals surface area contributed by atoms with Crippen molar-refractivity contribution in [2.45, 2.75) is 103 Å². The molecular formula is C28H44ClNO3Si2. The highest BCUT2D eigenvalue weighted by atomic mass is 35.5. The highest BCUT2D eigenvalue weighted by molar-refractivity contribution is 6.74. The van der Waals surface area contributed by atoms with Crippen LogP contribution in [0.3, 0.4) is 0 Å². The van der Waals surface area contributed by atoms with Crippen LogP contribution in [-0.2, 0) is 13.6 Å². The van der Waals surface area contributed by atoms with Crippen LogP contribution >= 0.6 is 11.6 Å². The Morgan fingerprint density at radius 1 is 0.914 bits per heavy atom. The van der Waals surface area contributed by atoms with Gasteiger partial charge in [-0.1, -0.05) is 89.5 Å². The van der Waals surface area contributed by atoms with Gasteiger partial charge < -0.3 is 13.6 Å². The van der Waals surface area contributed by atoms with Gasteiger partial charge in [0.2, 0.25) is 0 Å². The van der Waals surface area contributed by atoms with Gasteiger partial charge in [-0.2, -0.15) is 0 Å². The van der Waals surface area contributed by atoms with E-state index < -0.39 is 16.6 Å². The maximum absolute atomic E-state index is 6.95. The Balaban J connectivity index is 1.93. The summed E-state index contributed by atoms with van der Waals surface area (Å²) < 4.78 is 20.3. The first-order valence-electron chi connectivity index (χ1n) is 12.7. The minimum Gasteiger partial charge on any atom is -0.414 e. The van der Waals surface area contributed by atoms with Crippen LogP contribution in [0.25, 0.3) is 11.3 Å². The van der Waals surface area contributed by atoms with Crippen molar-refractivity contribution in [3.63, 3.8) is 0 Å². The molecule has 1 aliphatic heterocycles. The summed E-state index contributed by atoms with van der Waals surface area (Å²) in [5, 5.41) is 0.742. The predicted octanol–water partition coefficient (Wildman–Crippen LogP) is 8.64. The van der Waals surface area contributed by atoms with Crippen LogP contribution in [0.1, 0.15) is 59.6 Å². The molecule has 2 aromatic rings. The molecule has 0 unspecified atom stereocenters. The summed E-state index contributed by atoms with van der Waals surface area (Å²) in [4.78, 5) is 4.70. The number of ether oxygens (including phenoxy) is 1. The largest absolute Gasteiger partial charge is 0.414 e. The molecule has 35 heavy (non-hydrogen) atoms. The highest BCUT2D eigenvalue weighted by Crippen LogP contribution is 2.45. The molecule has 1 saturated heterocycles. The topological polar surface area (TPSA) is 40.6 Å². The van der Waals surface area contributed by atoms with Gasteiger partial charge in [-0.15, -0.1) is 0 Å². The third-order valence-corrected chi connectivity index (χ3v) is 17.4. The number of nitrogens with zero attached hydrogens (tertiary/aromatic N) is 1. The number of hydrogen-bond acceptors (Lipinski definition) is 4. The van der Waals surface area contributed by atoms with E-state index in [-0.39, 0.29) is 28.4 Å². The van der Waals surface area contributed by atoms with Crippen LogP contribution in [0, 0.1) is 0 Å². The SMILES string of the molecule is CC(C)(C)[Si](C)(C)OC[C@H]1O[C@@H](c2ccc(Cl)nc2-c2ccccc2)C[C@@H]1O[Si](C)(C)C(C)(C)C. The van der Waals surface area contributed by atoms with Crippen LogP contribution in [0.4, 0.5) is 0 Å². The fraction of sp³-hybridized carbons (Fsp3) is 0.607. The molecule has 0 amide bonds. The first kappa shape index (κ1) is 28.5. The van der Waals surface area contributed by atoms with Crippen LogP contribution in [0.15, 0.2) is 42.5 Å². The molecular weight excluding hydrogens is 490 g/mol. The van der Waals surface area contributed by atoms with E-state index in [0.29, 0.717) is 11.8 Å². The van der Waals surface area contributed by atoms with Gasteiger partial charge in [0.25, 0.3) is 0 Å². The minimum atomic E-state index is -2.00. The first-order chi connectivity index (χ1) is 16.0. The zero-order valence-electron chi connectivity index (χ0n) is 23.2. The second kappa shape index (κ2) is 10.4. The van der Waals surface area contributed by atoms with Gasteiger partial charge in [-0.05, 0) is 42.3 Å². The van der Waals surface area contributed by atoms with Crippen LogP contribution in [0.2, 0.25) is 41.4 Å². The van der Waals surface area contributed by atoms with E-state index in [0.717, 1.165) is 23.2 Å². The summed E-state index contributed by atoms with van der Waals surface area (Å²) >= 11 is 6.32. The number of pyridine rings is 1. The molecule has 0 saturated carbocycles. The molecule has 0 spiro atoms. The maximum Gasteiger partial charge on any atom is 0.192 e. The van der Waals surface area contributed by atoms with Crippen molar-refractivity contribution in [2.24, 2.45) is 0 Å². The molecule has 1 fully saturated rings. The Morgan fingerprint density at radius 3 is 2.09 bits per heavy atom. The summed E-state index contributed by atoms with van der Waals surface area (Å²) in [5.74, 6) is 0. The lowest BCUT2D eigenvalue weighted by molar-refractivity contribution is -0.0163. The smallest absolute Gasteiger partial charge is 0.192 e. The highest BCUT2D eigenvalue weighted by Gasteiger charge is 2.46. The average molecular weight is 534 g/mol. The third-order valence-electron chi connectivity index (χ3n) is 8.15. The summed E-state index contributed by atoms with van der Waals surface area (Å²) in [6, 6.07) is 14.1. The summed E-state index contributed by atoms with van der Waals surface area (Å²) in [7, 11) is -3.92. The van der Waals surface area contributed by atoms with E-state index in [1.165, 1.54) is 0 Å². The number of benzene rings is 1. The van der Waals surface area contributed by atoms with E-state index in [9.17, 15) is 0 Å². The van der Waals surface area contributed by atoms with Gasteiger partial charge in [-0.3, -0.25) is 0 Å². The lowest BCUT2D eigenvalue weighted by Crippen LogP contribution is -2.48. The van der Waals surface area contributed by atoms with Crippen molar-refractivity contribution in [3.8, 4) is 11.3 Å². The number of hydrogen-bond donors (Lipinski definition) is 0. The Labute approximate surface area is 220 Å². The van der Waals surface area contributed by atoms with E-state index in [4.69, 9.17) is 30.2 Å². The Morgan fingerprint density at radius 2 is 1.51 bits per heavy atom. The van der Waals surface area contributed by atoms with E-state index in [1.54, 1.807) is 0 Å². The van der Waals surface area contributed by atoms with Crippen LogP contribution in [-0.4, -0.2) is 40.4 Å². The van der Waals surface area contributed by atoms with Gasteiger partial charge >= 0.3 is 0 Å². The first-order valence-corrected chi connectivity index (χ1v) is 18.9. The molecule has 4 nitrogen and oxygen atoms in total. The number of aromatic nitrogens is 1. The maximum atomic E-state index is 6.95. The predicted molar refractivity (Wildman–Crippen MR) is 152 cm³/mol. The molecule has 194 valence electrons. The average Bonchev–Trinajstić information content (AvgIpc) is 3.13. The van der Waals surface area contributed by atoms with Gasteiger partial charge in [0.1, 0.15) is 11.3 Å². The van der Waals surface area contributed by atoms with Gasteiger partial charge in [-0.25, -0.2) is 4.98 Å². The fourth-order valence-corrected chi connectivity index (χ4v) is 6.30. The molecule has 3 atom stereocenters. The molecule has 1 aliphatic rings. The van der Waals surface area contributed by atoms with Crippen molar-refractivity contribution in [3.05, 3.63) is 53.2 Å². The Bertz CT molecular complexity index is 999. The zero-order valence-corrected chi connectivity index (χ0v) is 26.0. The molecule has 0 aliphatic carbocycles. The monoisotopic (exact) mass is 533 g/mol. The summed E-state index contributed by atoms with van der Waals surface area (Å²) in [6.45, 7) is 23.4. The lowest BCUT2D eigenvalue weighted by Gasteiger charge is -2.40.